The van der Waals surface area contributed by atoms with Crippen molar-refractivity contribution in [3.63, 3.8) is 0 Å². The third-order valence-electron chi connectivity index (χ3n) is 3.74. The lowest BCUT2D eigenvalue weighted by molar-refractivity contribution is 0.143. The number of benzene rings is 2. The molecular weight excluding hydrogens is 330 g/mol. The number of methoxy groups -OCH3 is 1. The molecule has 0 fully saturated rings. The molecule has 0 aliphatic rings. The second-order valence-corrected chi connectivity index (χ2v) is 5.95. The van der Waals surface area contributed by atoms with Crippen LogP contribution in [0.2, 0.25) is 0 Å². The number of hydrogen-bond donors (Lipinski definition) is 2. The van der Waals surface area contributed by atoms with Crippen molar-refractivity contribution in [2.24, 2.45) is 5.73 Å². The highest BCUT2D eigenvalue weighted by Gasteiger charge is 2.25. The molecule has 0 saturated carbocycles. The van der Waals surface area contributed by atoms with Crippen LogP contribution in [0.3, 0.4) is 0 Å². The van der Waals surface area contributed by atoms with Crippen molar-refractivity contribution in [3.8, 4) is 5.75 Å². The fourth-order valence-corrected chi connectivity index (χ4v) is 2.91. The van der Waals surface area contributed by atoms with Gasteiger partial charge in [-0.2, -0.15) is 0 Å². The topological polar surface area (TPSA) is 55.5 Å². The molecule has 0 heterocycles. The Balaban J connectivity index is 2.41. The quantitative estimate of drug-likeness (QED) is 0.867. The van der Waals surface area contributed by atoms with E-state index in [0.29, 0.717) is 12.3 Å². The minimum atomic E-state index is -0.709. The molecule has 3 nitrogen and oxygen atoms in total. The Labute approximate surface area is 133 Å². The molecule has 112 valence electrons. The first-order chi connectivity index (χ1) is 10.1. The molecular formula is C17H20BrNO2. The summed E-state index contributed by atoms with van der Waals surface area (Å²) in [5.41, 5.74) is 8.87. The molecule has 0 aromatic heterocycles. The molecule has 0 saturated heterocycles. The molecule has 3 N–H and O–H groups in total. The number of hydrogen-bond acceptors (Lipinski definition) is 3. The van der Waals surface area contributed by atoms with Crippen molar-refractivity contribution in [2.45, 2.75) is 18.9 Å². The number of nitrogens with two attached hydrogens (primary N) is 1. The van der Waals surface area contributed by atoms with Gasteiger partial charge in [0.1, 0.15) is 5.75 Å². The van der Waals surface area contributed by atoms with Gasteiger partial charge in [0.15, 0.2) is 0 Å². The summed E-state index contributed by atoms with van der Waals surface area (Å²) >= 11 is 3.41. The van der Waals surface area contributed by atoms with E-state index in [4.69, 9.17) is 10.5 Å². The van der Waals surface area contributed by atoms with E-state index in [1.54, 1.807) is 7.11 Å². The van der Waals surface area contributed by atoms with Gasteiger partial charge in [-0.05, 0) is 30.2 Å². The number of halogens is 1. The molecule has 0 aliphatic carbocycles. The lowest BCUT2D eigenvalue weighted by Crippen LogP contribution is -2.21. The number of aliphatic hydroxyl groups is 1. The number of aryl methyl sites for hydroxylation is 1. The predicted octanol–water partition coefficient (Wildman–Crippen LogP) is 3.54. The maximum Gasteiger partial charge on any atom is 0.125 e. The molecule has 2 rings (SSSR count). The first-order valence-corrected chi connectivity index (χ1v) is 7.65. The van der Waals surface area contributed by atoms with E-state index in [-0.39, 0.29) is 5.92 Å². The zero-order chi connectivity index (χ0) is 15.4. The molecule has 2 atom stereocenters. The van der Waals surface area contributed by atoms with E-state index in [0.717, 1.165) is 21.2 Å². The van der Waals surface area contributed by atoms with Crippen LogP contribution in [-0.2, 0) is 0 Å². The minimum absolute atomic E-state index is 0.165. The van der Waals surface area contributed by atoms with Crippen LogP contribution in [0.25, 0.3) is 0 Å². The molecule has 2 unspecified atom stereocenters. The van der Waals surface area contributed by atoms with Gasteiger partial charge in [-0.1, -0.05) is 46.3 Å². The maximum atomic E-state index is 10.8. The van der Waals surface area contributed by atoms with E-state index in [1.807, 2.05) is 49.4 Å². The SMILES string of the molecule is COc1cc(Br)ccc1C(O)C(CN)c1ccccc1C. The molecule has 2 aromatic carbocycles. The average Bonchev–Trinajstić information content (AvgIpc) is 2.49. The van der Waals surface area contributed by atoms with Gasteiger partial charge >= 0.3 is 0 Å². The summed E-state index contributed by atoms with van der Waals surface area (Å²) in [6.07, 6.45) is -0.709. The van der Waals surface area contributed by atoms with Crippen LogP contribution in [0.15, 0.2) is 46.9 Å². The first kappa shape index (κ1) is 16.0. The normalized spacial score (nSPS) is 13.8. The summed E-state index contributed by atoms with van der Waals surface area (Å²) in [6, 6.07) is 13.6. The highest BCUT2D eigenvalue weighted by atomic mass is 79.9. The van der Waals surface area contributed by atoms with Crippen molar-refractivity contribution in [1.82, 2.24) is 0 Å². The van der Waals surface area contributed by atoms with Crippen LogP contribution in [0.4, 0.5) is 0 Å². The lowest BCUT2D eigenvalue weighted by atomic mass is 9.86. The lowest BCUT2D eigenvalue weighted by Gasteiger charge is -2.25. The smallest absolute Gasteiger partial charge is 0.125 e. The van der Waals surface area contributed by atoms with Crippen molar-refractivity contribution in [2.75, 3.05) is 13.7 Å². The maximum absolute atomic E-state index is 10.8. The van der Waals surface area contributed by atoms with Gasteiger partial charge in [0.25, 0.3) is 0 Å². The van der Waals surface area contributed by atoms with E-state index in [9.17, 15) is 5.11 Å². The second kappa shape index (κ2) is 7.07. The predicted molar refractivity (Wildman–Crippen MR) is 88.6 cm³/mol. The summed E-state index contributed by atoms with van der Waals surface area (Å²) in [6.45, 7) is 2.40. The van der Waals surface area contributed by atoms with Crippen LogP contribution in [0.5, 0.6) is 5.75 Å². The Kier molecular flexibility index (Phi) is 5.39. The molecule has 0 bridgehead atoms. The van der Waals surface area contributed by atoms with Crippen LogP contribution < -0.4 is 10.5 Å². The average molecular weight is 350 g/mol. The van der Waals surface area contributed by atoms with Crippen molar-refractivity contribution >= 4 is 15.9 Å². The van der Waals surface area contributed by atoms with Crippen LogP contribution in [0, 0.1) is 6.92 Å². The second-order valence-electron chi connectivity index (χ2n) is 5.03. The zero-order valence-electron chi connectivity index (χ0n) is 12.2. The zero-order valence-corrected chi connectivity index (χ0v) is 13.8. The molecule has 21 heavy (non-hydrogen) atoms. The Morgan fingerprint density at radius 2 is 1.90 bits per heavy atom. The fraction of sp³-hybridized carbons (Fsp3) is 0.294. The molecule has 4 heteroatoms. The monoisotopic (exact) mass is 349 g/mol. The summed E-state index contributed by atoms with van der Waals surface area (Å²) < 4.78 is 6.29. The van der Waals surface area contributed by atoms with Gasteiger partial charge in [-0.15, -0.1) is 0 Å². The van der Waals surface area contributed by atoms with Crippen LogP contribution >= 0.6 is 15.9 Å². The third kappa shape index (κ3) is 3.46. The van der Waals surface area contributed by atoms with Gasteiger partial charge in [-0.25, -0.2) is 0 Å². The van der Waals surface area contributed by atoms with E-state index < -0.39 is 6.10 Å². The van der Waals surface area contributed by atoms with E-state index in [1.165, 1.54) is 0 Å². The summed E-state index contributed by atoms with van der Waals surface area (Å²) in [5, 5.41) is 10.8. The largest absolute Gasteiger partial charge is 0.496 e. The number of rotatable bonds is 5. The van der Waals surface area contributed by atoms with Gasteiger partial charge in [0.2, 0.25) is 0 Å². The van der Waals surface area contributed by atoms with Gasteiger partial charge in [-0.3, -0.25) is 0 Å². The van der Waals surface area contributed by atoms with E-state index >= 15 is 0 Å². The fourth-order valence-electron chi connectivity index (χ4n) is 2.57. The Morgan fingerprint density at radius 3 is 2.52 bits per heavy atom. The van der Waals surface area contributed by atoms with Crippen molar-refractivity contribution in [3.05, 3.63) is 63.6 Å². The summed E-state index contributed by atoms with van der Waals surface area (Å²) in [4.78, 5) is 0. The highest BCUT2D eigenvalue weighted by molar-refractivity contribution is 9.10. The molecule has 2 aromatic rings. The standard InChI is InChI=1S/C17H20BrNO2/c1-11-5-3-4-6-13(11)15(10-19)17(20)14-8-7-12(18)9-16(14)21-2/h3-9,15,17,20H,10,19H2,1-2H3. The summed E-state index contributed by atoms with van der Waals surface area (Å²) in [7, 11) is 1.60. The van der Waals surface area contributed by atoms with Crippen molar-refractivity contribution in [1.29, 1.82) is 0 Å². The van der Waals surface area contributed by atoms with Crippen molar-refractivity contribution < 1.29 is 9.84 Å². The molecule has 0 amide bonds. The Bertz CT molecular complexity index is 615. The Morgan fingerprint density at radius 1 is 1.19 bits per heavy atom. The number of aliphatic hydroxyl groups excluding tert-OH is 1. The molecule has 0 spiro atoms. The molecule has 0 radical (unpaired) electrons. The minimum Gasteiger partial charge on any atom is -0.496 e. The van der Waals surface area contributed by atoms with Gasteiger partial charge in [0, 0.05) is 22.5 Å². The van der Waals surface area contributed by atoms with Crippen LogP contribution in [0.1, 0.15) is 28.7 Å². The third-order valence-corrected chi connectivity index (χ3v) is 4.23. The number of ether oxygens (including phenoxy) is 1. The Hall–Kier alpha value is -1.36. The van der Waals surface area contributed by atoms with E-state index in [2.05, 4.69) is 15.9 Å². The first-order valence-electron chi connectivity index (χ1n) is 6.85. The highest BCUT2D eigenvalue weighted by Crippen LogP contribution is 2.37. The van der Waals surface area contributed by atoms with Gasteiger partial charge in [0.05, 0.1) is 13.2 Å². The summed E-state index contributed by atoms with van der Waals surface area (Å²) in [5.74, 6) is 0.491. The van der Waals surface area contributed by atoms with Crippen LogP contribution in [-0.4, -0.2) is 18.8 Å². The molecule has 0 aliphatic heterocycles. The van der Waals surface area contributed by atoms with Gasteiger partial charge < -0.3 is 15.6 Å².